The van der Waals surface area contributed by atoms with Crippen molar-refractivity contribution < 1.29 is 9.53 Å². The van der Waals surface area contributed by atoms with Crippen LogP contribution in [0.3, 0.4) is 0 Å². The second-order valence-electron chi connectivity index (χ2n) is 7.13. The van der Waals surface area contributed by atoms with Crippen LogP contribution in [0.5, 0.6) is 5.75 Å². The molecule has 2 aliphatic rings. The molecule has 1 saturated heterocycles. The van der Waals surface area contributed by atoms with Crippen molar-refractivity contribution in [1.29, 1.82) is 0 Å². The van der Waals surface area contributed by atoms with Gasteiger partial charge in [-0.05, 0) is 25.3 Å². The molecule has 1 aromatic rings. The van der Waals surface area contributed by atoms with E-state index in [0.717, 1.165) is 49.6 Å². The zero-order valence-electron chi connectivity index (χ0n) is 15.8. The van der Waals surface area contributed by atoms with E-state index in [1.165, 1.54) is 12.8 Å². The van der Waals surface area contributed by atoms with Gasteiger partial charge in [-0.15, -0.1) is 0 Å². The molecule has 1 unspecified atom stereocenters. The lowest BCUT2D eigenvalue weighted by molar-refractivity contribution is -0.134. The summed E-state index contributed by atoms with van der Waals surface area (Å²) in [5, 5.41) is 6.79. The topological polar surface area (TPSA) is 66.0 Å². The molecule has 1 heterocycles. The standard InChI is InChI=1S/C20H30N4O2/c1-21-20(22-13-16-9-5-6-10-18(16)26-2)23-17-11-12-24(14-17)19(25)15-7-3-4-8-15/h5-6,9-10,15,17H,3-4,7-8,11-14H2,1-2H3,(H2,21,22,23). The molecular formula is C20H30N4O2. The van der Waals surface area contributed by atoms with Crippen molar-refractivity contribution in [2.24, 2.45) is 10.9 Å². The summed E-state index contributed by atoms with van der Waals surface area (Å²) < 4.78 is 5.39. The van der Waals surface area contributed by atoms with E-state index in [9.17, 15) is 4.79 Å². The largest absolute Gasteiger partial charge is 0.496 e. The highest BCUT2D eigenvalue weighted by molar-refractivity contribution is 5.81. The quantitative estimate of drug-likeness (QED) is 0.625. The number of benzene rings is 1. The Bertz CT molecular complexity index is 640. The molecule has 1 amide bonds. The van der Waals surface area contributed by atoms with Gasteiger partial charge in [0.1, 0.15) is 5.75 Å². The smallest absolute Gasteiger partial charge is 0.225 e. The van der Waals surface area contributed by atoms with Crippen LogP contribution in [0, 0.1) is 5.92 Å². The number of guanidine groups is 1. The van der Waals surface area contributed by atoms with Gasteiger partial charge in [0.05, 0.1) is 7.11 Å². The third-order valence-electron chi connectivity index (χ3n) is 5.41. The molecule has 1 aromatic carbocycles. The summed E-state index contributed by atoms with van der Waals surface area (Å²) in [5.41, 5.74) is 1.09. The van der Waals surface area contributed by atoms with Gasteiger partial charge < -0.3 is 20.3 Å². The number of methoxy groups -OCH3 is 1. The van der Waals surface area contributed by atoms with E-state index in [1.54, 1.807) is 14.2 Å². The van der Waals surface area contributed by atoms with Crippen molar-refractivity contribution in [2.45, 2.75) is 44.7 Å². The normalized spacial score (nSPS) is 21.1. The fourth-order valence-corrected chi connectivity index (χ4v) is 3.93. The zero-order valence-corrected chi connectivity index (χ0v) is 15.8. The first-order valence-corrected chi connectivity index (χ1v) is 9.59. The molecule has 3 rings (SSSR count). The van der Waals surface area contributed by atoms with E-state index in [4.69, 9.17) is 4.74 Å². The van der Waals surface area contributed by atoms with E-state index in [2.05, 4.69) is 15.6 Å². The Kier molecular flexibility index (Phi) is 6.36. The summed E-state index contributed by atoms with van der Waals surface area (Å²) in [7, 11) is 3.45. The predicted molar refractivity (Wildman–Crippen MR) is 103 cm³/mol. The number of hydrogen-bond donors (Lipinski definition) is 2. The van der Waals surface area contributed by atoms with E-state index >= 15 is 0 Å². The van der Waals surface area contributed by atoms with Crippen LogP contribution < -0.4 is 15.4 Å². The number of aliphatic imine (C=N–C) groups is 1. The van der Waals surface area contributed by atoms with Crippen LogP contribution in [0.25, 0.3) is 0 Å². The number of carbonyl (C=O) groups is 1. The maximum Gasteiger partial charge on any atom is 0.225 e. The van der Waals surface area contributed by atoms with Crippen LogP contribution in [0.2, 0.25) is 0 Å². The van der Waals surface area contributed by atoms with Gasteiger partial charge >= 0.3 is 0 Å². The first kappa shape index (κ1) is 18.5. The van der Waals surface area contributed by atoms with Crippen molar-refractivity contribution in [3.05, 3.63) is 29.8 Å². The molecule has 1 atom stereocenters. The van der Waals surface area contributed by atoms with Gasteiger partial charge in [0.15, 0.2) is 5.96 Å². The molecule has 2 N–H and O–H groups in total. The Hall–Kier alpha value is -2.24. The number of hydrogen-bond acceptors (Lipinski definition) is 3. The molecule has 142 valence electrons. The van der Waals surface area contributed by atoms with Gasteiger partial charge in [0, 0.05) is 44.2 Å². The van der Waals surface area contributed by atoms with Gasteiger partial charge in [0.25, 0.3) is 0 Å². The lowest BCUT2D eigenvalue weighted by Crippen LogP contribution is -2.45. The Labute approximate surface area is 156 Å². The Balaban J connectivity index is 1.49. The van der Waals surface area contributed by atoms with Gasteiger partial charge in [-0.1, -0.05) is 31.0 Å². The minimum atomic E-state index is 0.254. The highest BCUT2D eigenvalue weighted by atomic mass is 16.5. The maximum atomic E-state index is 12.6. The fraction of sp³-hybridized carbons (Fsp3) is 0.600. The van der Waals surface area contributed by atoms with Crippen LogP contribution in [-0.4, -0.2) is 50.1 Å². The number of likely N-dealkylation sites (tertiary alicyclic amines) is 1. The van der Waals surface area contributed by atoms with Gasteiger partial charge in [-0.25, -0.2) is 0 Å². The van der Waals surface area contributed by atoms with Gasteiger partial charge in [-0.3, -0.25) is 9.79 Å². The molecule has 0 spiro atoms. The summed E-state index contributed by atoms with van der Waals surface area (Å²) in [6.45, 7) is 2.25. The number of para-hydroxylation sites is 1. The number of ether oxygens (including phenoxy) is 1. The Morgan fingerprint density at radius 2 is 2.04 bits per heavy atom. The van der Waals surface area contributed by atoms with Gasteiger partial charge in [-0.2, -0.15) is 0 Å². The van der Waals surface area contributed by atoms with Crippen LogP contribution in [0.4, 0.5) is 0 Å². The number of rotatable bonds is 5. The summed E-state index contributed by atoms with van der Waals surface area (Å²) in [6, 6.07) is 8.21. The zero-order chi connectivity index (χ0) is 18.4. The lowest BCUT2D eigenvalue weighted by atomic mass is 10.1. The average Bonchev–Trinajstić information content (AvgIpc) is 3.37. The SMILES string of the molecule is CN=C(NCc1ccccc1OC)NC1CCN(C(=O)C2CCCC2)C1. The van der Waals surface area contributed by atoms with E-state index < -0.39 is 0 Å². The molecule has 26 heavy (non-hydrogen) atoms. The molecule has 6 heteroatoms. The highest BCUT2D eigenvalue weighted by Crippen LogP contribution is 2.27. The Morgan fingerprint density at radius 3 is 2.77 bits per heavy atom. The van der Waals surface area contributed by atoms with E-state index in [0.29, 0.717) is 12.5 Å². The van der Waals surface area contributed by atoms with Gasteiger partial charge in [0.2, 0.25) is 5.91 Å². The minimum Gasteiger partial charge on any atom is -0.496 e. The summed E-state index contributed by atoms with van der Waals surface area (Å²) >= 11 is 0. The molecular weight excluding hydrogens is 328 g/mol. The van der Waals surface area contributed by atoms with Crippen LogP contribution in [0.1, 0.15) is 37.7 Å². The van der Waals surface area contributed by atoms with Crippen molar-refractivity contribution in [2.75, 3.05) is 27.2 Å². The van der Waals surface area contributed by atoms with Crippen molar-refractivity contribution in [3.63, 3.8) is 0 Å². The lowest BCUT2D eigenvalue weighted by Gasteiger charge is -2.21. The second-order valence-corrected chi connectivity index (χ2v) is 7.13. The highest BCUT2D eigenvalue weighted by Gasteiger charge is 2.32. The average molecular weight is 358 g/mol. The van der Waals surface area contributed by atoms with Crippen molar-refractivity contribution in [1.82, 2.24) is 15.5 Å². The first-order valence-electron chi connectivity index (χ1n) is 9.59. The minimum absolute atomic E-state index is 0.254. The van der Waals surface area contributed by atoms with Crippen molar-refractivity contribution in [3.8, 4) is 5.75 Å². The summed E-state index contributed by atoms with van der Waals surface area (Å²) in [6.07, 6.45) is 5.50. The third-order valence-corrected chi connectivity index (χ3v) is 5.41. The Morgan fingerprint density at radius 1 is 1.27 bits per heavy atom. The molecule has 1 aliphatic heterocycles. The molecule has 0 aromatic heterocycles. The first-order chi connectivity index (χ1) is 12.7. The van der Waals surface area contributed by atoms with E-state index in [1.807, 2.05) is 29.2 Å². The number of carbonyl (C=O) groups excluding carboxylic acids is 1. The van der Waals surface area contributed by atoms with Crippen LogP contribution in [-0.2, 0) is 11.3 Å². The molecule has 2 fully saturated rings. The predicted octanol–water partition coefficient (Wildman–Crippen LogP) is 2.15. The molecule has 1 aliphatic carbocycles. The van der Waals surface area contributed by atoms with Crippen LogP contribution >= 0.6 is 0 Å². The molecule has 0 radical (unpaired) electrons. The fourth-order valence-electron chi connectivity index (χ4n) is 3.93. The summed E-state index contributed by atoms with van der Waals surface area (Å²) in [5.74, 6) is 2.24. The molecule has 6 nitrogen and oxygen atoms in total. The summed E-state index contributed by atoms with van der Waals surface area (Å²) in [4.78, 5) is 18.9. The molecule has 1 saturated carbocycles. The molecule has 0 bridgehead atoms. The number of nitrogens with zero attached hydrogens (tertiary/aromatic N) is 2. The van der Waals surface area contributed by atoms with E-state index in [-0.39, 0.29) is 12.0 Å². The second kappa shape index (κ2) is 8.92. The number of nitrogens with one attached hydrogen (secondary N) is 2. The maximum absolute atomic E-state index is 12.6. The monoisotopic (exact) mass is 358 g/mol. The number of amides is 1. The van der Waals surface area contributed by atoms with Crippen molar-refractivity contribution >= 4 is 11.9 Å². The van der Waals surface area contributed by atoms with Crippen LogP contribution in [0.15, 0.2) is 29.3 Å². The third kappa shape index (κ3) is 4.48.